The standard InChI is InChI=1S/C32H26F4N6O4/c1-16-12-22(42(14-17-4-8-19(45-2)9-5-17)15-18-6-10-20(46-3)11-7-18)38-28(25(16)32(34,35)36)23-21-13-37-41-27(21)24-29(26(23)33)39-31(44)40-30(24)43/h4-13H,14-15H2,1-3H3,(H,37,41)(H2,39,40,43,44). The summed E-state index contributed by atoms with van der Waals surface area (Å²) in [5.41, 5.74) is -3.65. The van der Waals surface area contributed by atoms with Crippen LogP contribution in [0.15, 0.2) is 70.4 Å². The van der Waals surface area contributed by atoms with Crippen LogP contribution in [0.2, 0.25) is 0 Å². The number of benzene rings is 3. The number of anilines is 1. The fourth-order valence-electron chi connectivity index (χ4n) is 5.51. The first-order valence-electron chi connectivity index (χ1n) is 13.9. The predicted octanol–water partition coefficient (Wildman–Crippen LogP) is 5.85. The molecule has 0 aliphatic heterocycles. The Balaban J connectivity index is 1.60. The Hall–Kier alpha value is -5.66. The molecule has 3 aromatic heterocycles. The summed E-state index contributed by atoms with van der Waals surface area (Å²) in [6.07, 6.45) is -3.82. The van der Waals surface area contributed by atoms with Crippen LogP contribution in [0.4, 0.5) is 23.4 Å². The maximum Gasteiger partial charge on any atom is 0.418 e. The summed E-state index contributed by atoms with van der Waals surface area (Å²) in [4.78, 5) is 35.2. The third kappa shape index (κ3) is 5.53. The molecule has 46 heavy (non-hydrogen) atoms. The van der Waals surface area contributed by atoms with Gasteiger partial charge >= 0.3 is 11.9 Å². The second-order valence-electron chi connectivity index (χ2n) is 10.6. The number of H-pyrrole nitrogens is 3. The van der Waals surface area contributed by atoms with Gasteiger partial charge in [0.15, 0.2) is 5.82 Å². The van der Waals surface area contributed by atoms with E-state index in [1.807, 2.05) is 29.2 Å². The van der Waals surface area contributed by atoms with E-state index in [-0.39, 0.29) is 40.8 Å². The molecule has 236 valence electrons. The molecule has 0 bridgehead atoms. The van der Waals surface area contributed by atoms with Crippen molar-refractivity contribution in [1.82, 2.24) is 25.1 Å². The second-order valence-corrected chi connectivity index (χ2v) is 10.6. The van der Waals surface area contributed by atoms with Crippen molar-refractivity contribution in [3.8, 4) is 22.8 Å². The topological polar surface area (TPSA) is 129 Å². The van der Waals surface area contributed by atoms with Gasteiger partial charge in [-0.15, -0.1) is 0 Å². The molecule has 0 atom stereocenters. The van der Waals surface area contributed by atoms with Crippen molar-refractivity contribution in [3.63, 3.8) is 0 Å². The van der Waals surface area contributed by atoms with E-state index in [2.05, 4.69) is 20.2 Å². The van der Waals surface area contributed by atoms with Crippen molar-refractivity contribution >= 4 is 27.6 Å². The minimum absolute atomic E-state index is 0.0600. The Morgan fingerprint density at radius 2 is 1.46 bits per heavy atom. The van der Waals surface area contributed by atoms with E-state index in [9.17, 15) is 22.8 Å². The van der Waals surface area contributed by atoms with Gasteiger partial charge in [-0.05, 0) is 53.9 Å². The number of rotatable bonds is 8. The van der Waals surface area contributed by atoms with E-state index < -0.39 is 45.6 Å². The van der Waals surface area contributed by atoms with E-state index in [1.54, 1.807) is 29.2 Å². The lowest BCUT2D eigenvalue weighted by molar-refractivity contribution is -0.137. The van der Waals surface area contributed by atoms with Gasteiger partial charge in [-0.2, -0.15) is 18.3 Å². The maximum absolute atomic E-state index is 16.4. The van der Waals surface area contributed by atoms with Gasteiger partial charge in [-0.25, -0.2) is 14.2 Å². The number of aromatic nitrogens is 5. The lowest BCUT2D eigenvalue weighted by atomic mass is 9.96. The van der Waals surface area contributed by atoms with E-state index >= 15 is 4.39 Å². The highest BCUT2D eigenvalue weighted by molar-refractivity contribution is 6.10. The van der Waals surface area contributed by atoms with Crippen molar-refractivity contribution in [2.24, 2.45) is 0 Å². The van der Waals surface area contributed by atoms with Crippen molar-refractivity contribution in [1.29, 1.82) is 0 Å². The average Bonchev–Trinajstić information content (AvgIpc) is 3.49. The quantitative estimate of drug-likeness (QED) is 0.179. The fraction of sp³-hybridized carbons (Fsp3) is 0.188. The summed E-state index contributed by atoms with van der Waals surface area (Å²) in [5, 5.41) is 6.02. The first-order valence-corrected chi connectivity index (χ1v) is 13.9. The van der Waals surface area contributed by atoms with Crippen LogP contribution in [-0.4, -0.2) is 39.4 Å². The highest BCUT2D eigenvalue weighted by atomic mass is 19.4. The van der Waals surface area contributed by atoms with E-state index in [1.165, 1.54) is 27.2 Å². The zero-order chi connectivity index (χ0) is 32.7. The number of aromatic amines is 3. The Morgan fingerprint density at radius 1 is 0.870 bits per heavy atom. The van der Waals surface area contributed by atoms with Gasteiger partial charge in [-0.3, -0.25) is 14.9 Å². The van der Waals surface area contributed by atoms with Crippen LogP contribution in [0, 0.1) is 12.7 Å². The van der Waals surface area contributed by atoms with E-state index in [0.717, 1.165) is 17.3 Å². The molecule has 10 nitrogen and oxygen atoms in total. The van der Waals surface area contributed by atoms with Gasteiger partial charge in [0.25, 0.3) is 5.56 Å². The largest absolute Gasteiger partial charge is 0.497 e. The number of methoxy groups -OCH3 is 2. The number of pyridine rings is 1. The molecule has 0 aliphatic carbocycles. The lowest BCUT2D eigenvalue weighted by Gasteiger charge is -2.27. The number of ether oxygens (including phenoxy) is 2. The molecule has 0 unspecified atom stereocenters. The molecule has 0 aliphatic rings. The molecule has 3 heterocycles. The zero-order valence-corrected chi connectivity index (χ0v) is 24.7. The van der Waals surface area contributed by atoms with Crippen molar-refractivity contribution in [2.75, 3.05) is 19.1 Å². The highest BCUT2D eigenvalue weighted by Crippen LogP contribution is 2.44. The number of hydrogen-bond donors (Lipinski definition) is 3. The van der Waals surface area contributed by atoms with Gasteiger partial charge in [0.2, 0.25) is 0 Å². The van der Waals surface area contributed by atoms with Crippen LogP contribution < -0.4 is 25.6 Å². The summed E-state index contributed by atoms with van der Waals surface area (Å²) in [5.74, 6) is 0.134. The summed E-state index contributed by atoms with van der Waals surface area (Å²) in [6, 6.07) is 15.7. The minimum atomic E-state index is -4.94. The molecule has 6 rings (SSSR count). The normalized spacial score (nSPS) is 11.7. The monoisotopic (exact) mass is 634 g/mol. The number of alkyl halides is 3. The molecule has 0 radical (unpaired) electrons. The maximum atomic E-state index is 16.4. The van der Waals surface area contributed by atoms with Crippen molar-refractivity contribution in [2.45, 2.75) is 26.2 Å². The van der Waals surface area contributed by atoms with Gasteiger partial charge in [0, 0.05) is 24.0 Å². The van der Waals surface area contributed by atoms with Gasteiger partial charge in [0.1, 0.15) is 17.3 Å². The van der Waals surface area contributed by atoms with Gasteiger partial charge < -0.3 is 19.4 Å². The van der Waals surface area contributed by atoms with E-state index in [0.29, 0.717) is 11.5 Å². The predicted molar refractivity (Wildman–Crippen MR) is 164 cm³/mol. The SMILES string of the molecule is COc1ccc(CN(Cc2ccc(OC)cc2)c2cc(C)c(C(F)(F)F)c(-c3c(F)c4[nH]c(=O)[nH]c(=O)c4c4[nH]ncc34)n2)cc1. The van der Waals surface area contributed by atoms with Crippen LogP contribution in [0.1, 0.15) is 22.3 Å². The van der Waals surface area contributed by atoms with Crippen LogP contribution in [0.3, 0.4) is 0 Å². The summed E-state index contributed by atoms with van der Waals surface area (Å²) in [7, 11) is 3.08. The Bertz CT molecular complexity index is 2140. The molecule has 0 saturated carbocycles. The molecule has 6 aromatic rings. The molecule has 14 heteroatoms. The van der Waals surface area contributed by atoms with Gasteiger partial charge in [0.05, 0.1) is 48.1 Å². The molecule has 0 fully saturated rings. The summed E-state index contributed by atoms with van der Waals surface area (Å²) < 4.78 is 71.1. The average molecular weight is 635 g/mol. The fourth-order valence-corrected chi connectivity index (χ4v) is 5.51. The van der Waals surface area contributed by atoms with Crippen LogP contribution in [-0.2, 0) is 19.3 Å². The second kappa shape index (κ2) is 11.7. The molecular formula is C32H26F4N6O4. The number of nitrogens with zero attached hydrogens (tertiary/aromatic N) is 3. The third-order valence-electron chi connectivity index (χ3n) is 7.65. The molecule has 0 spiro atoms. The molecule has 0 saturated heterocycles. The van der Waals surface area contributed by atoms with Crippen molar-refractivity contribution < 1.29 is 27.0 Å². The van der Waals surface area contributed by atoms with Crippen LogP contribution >= 0.6 is 0 Å². The van der Waals surface area contributed by atoms with E-state index in [4.69, 9.17) is 9.47 Å². The Morgan fingerprint density at radius 3 is 2.00 bits per heavy atom. The smallest absolute Gasteiger partial charge is 0.418 e. The zero-order valence-electron chi connectivity index (χ0n) is 24.7. The van der Waals surface area contributed by atoms with Crippen LogP contribution in [0.25, 0.3) is 33.1 Å². The Labute approximate surface area is 257 Å². The third-order valence-corrected chi connectivity index (χ3v) is 7.65. The molecule has 0 amide bonds. The van der Waals surface area contributed by atoms with Crippen LogP contribution in [0.5, 0.6) is 11.5 Å². The first kappa shape index (κ1) is 30.4. The summed E-state index contributed by atoms with van der Waals surface area (Å²) in [6.45, 7) is 1.71. The Kier molecular flexibility index (Phi) is 7.72. The highest BCUT2D eigenvalue weighted by Gasteiger charge is 2.39. The number of halogens is 4. The first-order chi connectivity index (χ1) is 22.0. The number of aryl methyl sites for hydroxylation is 1. The minimum Gasteiger partial charge on any atom is -0.497 e. The number of nitrogens with one attached hydrogen (secondary N) is 3. The summed E-state index contributed by atoms with van der Waals surface area (Å²) >= 11 is 0. The van der Waals surface area contributed by atoms with Gasteiger partial charge in [-0.1, -0.05) is 24.3 Å². The van der Waals surface area contributed by atoms with Crippen molar-refractivity contribution in [3.05, 3.63) is 110 Å². The lowest BCUT2D eigenvalue weighted by Crippen LogP contribution is -2.25. The molecular weight excluding hydrogens is 608 g/mol. The molecule has 3 N–H and O–H groups in total. The number of hydrogen-bond acceptors (Lipinski definition) is 7. The molecule has 3 aromatic carbocycles. The number of fused-ring (bicyclic) bond motifs is 3.